The van der Waals surface area contributed by atoms with Gasteiger partial charge in [-0.05, 0) is 0 Å². The highest BCUT2D eigenvalue weighted by molar-refractivity contribution is 7.80. The second kappa shape index (κ2) is 5.27. The predicted octanol–water partition coefficient (Wildman–Crippen LogP) is -0.117. The van der Waals surface area contributed by atoms with Crippen LogP contribution in [0.4, 0.5) is 0 Å². The molecule has 0 amide bonds. The van der Waals surface area contributed by atoms with Crippen molar-refractivity contribution in [1.82, 2.24) is 0 Å². The molecule has 0 radical (unpaired) electrons. The average Bonchev–Trinajstić information content (AvgIpc) is 1.61. The van der Waals surface area contributed by atoms with Crippen LogP contribution in [-0.2, 0) is 4.74 Å². The molecule has 1 N–H and O–H groups in total. The molecule has 0 unspecified atom stereocenters. The lowest BCUT2D eigenvalue weighted by atomic mass is 10.8. The van der Waals surface area contributed by atoms with Crippen LogP contribution in [0.15, 0.2) is 0 Å². The average molecular weight is 108 g/mol. The van der Waals surface area contributed by atoms with Crippen LogP contribution in [0.5, 0.6) is 0 Å². The lowest BCUT2D eigenvalue weighted by molar-refractivity contribution is 0.126. The third-order valence-corrected chi connectivity index (χ3v) is 0.509. The van der Waals surface area contributed by atoms with Gasteiger partial charge in [0.25, 0.3) is 0 Å². The molecule has 0 aliphatic rings. The Morgan fingerprint density at radius 3 is 2.50 bits per heavy atom. The summed E-state index contributed by atoms with van der Waals surface area (Å²) in [5.41, 5.74) is 0. The van der Waals surface area contributed by atoms with Crippen LogP contribution in [-0.4, -0.2) is 24.3 Å². The molecule has 0 aliphatic carbocycles. The van der Waals surface area contributed by atoms with E-state index in [-0.39, 0.29) is 6.61 Å². The Hall–Kier alpha value is 0.270. The topological polar surface area (TPSA) is 29.5 Å². The van der Waals surface area contributed by atoms with Gasteiger partial charge in [0.05, 0.1) is 19.2 Å². The molecule has 0 heterocycles. The van der Waals surface area contributed by atoms with E-state index in [9.17, 15) is 0 Å². The zero-order valence-corrected chi connectivity index (χ0v) is 4.32. The molecule has 0 spiro atoms. The normalized spacial score (nSPS) is 9.00. The summed E-state index contributed by atoms with van der Waals surface area (Å²) in [5, 5.41) is 8.04. The van der Waals surface area contributed by atoms with Crippen molar-refractivity contribution in [3.8, 4) is 0 Å². The Bertz CT molecular complexity index is 20.8. The first-order chi connectivity index (χ1) is 2.91. The smallest absolute Gasteiger partial charge is 0.0893 e. The van der Waals surface area contributed by atoms with Gasteiger partial charge in [0.2, 0.25) is 0 Å². The first kappa shape index (κ1) is 6.27. The van der Waals surface area contributed by atoms with Crippen LogP contribution in [0, 0.1) is 0 Å². The minimum absolute atomic E-state index is 0.0839. The Morgan fingerprint density at radius 1 is 1.67 bits per heavy atom. The van der Waals surface area contributed by atoms with Crippen molar-refractivity contribution < 1.29 is 9.84 Å². The zero-order chi connectivity index (χ0) is 4.83. The van der Waals surface area contributed by atoms with Gasteiger partial charge in [-0.25, -0.2) is 0 Å². The van der Waals surface area contributed by atoms with Crippen molar-refractivity contribution in [1.29, 1.82) is 0 Å². The third-order valence-electron chi connectivity index (χ3n) is 0.327. The summed E-state index contributed by atoms with van der Waals surface area (Å²) in [5.74, 6) is 0.389. The van der Waals surface area contributed by atoms with E-state index in [4.69, 9.17) is 5.11 Å². The molecule has 0 aromatic heterocycles. The zero-order valence-electron chi connectivity index (χ0n) is 3.42. The van der Waals surface area contributed by atoms with Gasteiger partial charge in [0.15, 0.2) is 0 Å². The lowest BCUT2D eigenvalue weighted by Gasteiger charge is -1.90. The van der Waals surface area contributed by atoms with Crippen LogP contribution < -0.4 is 0 Å². The van der Waals surface area contributed by atoms with Gasteiger partial charge in [-0.2, -0.15) is 12.6 Å². The maximum atomic E-state index is 8.04. The van der Waals surface area contributed by atoms with E-state index in [1.807, 2.05) is 0 Å². The number of hydrogen-bond acceptors (Lipinski definition) is 3. The molecular weight excluding hydrogens is 100 g/mol. The van der Waals surface area contributed by atoms with E-state index in [1.54, 1.807) is 0 Å². The van der Waals surface area contributed by atoms with E-state index in [2.05, 4.69) is 17.4 Å². The van der Waals surface area contributed by atoms with Crippen LogP contribution in [0.1, 0.15) is 0 Å². The van der Waals surface area contributed by atoms with E-state index in [1.165, 1.54) is 0 Å². The molecule has 0 bridgehead atoms. The van der Waals surface area contributed by atoms with Gasteiger partial charge in [0, 0.05) is 0 Å². The number of rotatable bonds is 3. The van der Waals surface area contributed by atoms with Crippen LogP contribution >= 0.6 is 12.6 Å². The summed E-state index contributed by atoms with van der Waals surface area (Å²) in [6.45, 7) is 0.476. The first-order valence-electron chi connectivity index (χ1n) is 1.71. The Kier molecular flexibility index (Phi) is 5.51. The van der Waals surface area contributed by atoms with Crippen molar-refractivity contribution in [3.63, 3.8) is 0 Å². The van der Waals surface area contributed by atoms with Crippen molar-refractivity contribution in [2.75, 3.05) is 19.2 Å². The molecule has 6 heavy (non-hydrogen) atoms. The SMILES string of the molecule is OCCOCS. The minimum atomic E-state index is 0.0839. The predicted molar refractivity (Wildman–Crippen MR) is 26.9 cm³/mol. The molecule has 2 nitrogen and oxygen atoms in total. The molecule has 0 saturated heterocycles. The van der Waals surface area contributed by atoms with Gasteiger partial charge in [0.1, 0.15) is 0 Å². The summed E-state index contributed by atoms with van der Waals surface area (Å²) >= 11 is 3.72. The molecule has 3 heteroatoms. The van der Waals surface area contributed by atoms with Crippen LogP contribution in [0.3, 0.4) is 0 Å². The largest absolute Gasteiger partial charge is 0.394 e. The van der Waals surface area contributed by atoms with Gasteiger partial charge >= 0.3 is 0 Å². The molecule has 0 aliphatic heterocycles. The van der Waals surface area contributed by atoms with E-state index in [0.717, 1.165) is 0 Å². The second-order valence-electron chi connectivity index (χ2n) is 0.761. The number of ether oxygens (including phenoxy) is 1. The van der Waals surface area contributed by atoms with Crippen molar-refractivity contribution in [3.05, 3.63) is 0 Å². The molecule has 0 aromatic carbocycles. The fraction of sp³-hybridized carbons (Fsp3) is 1.00. The first-order valence-corrected chi connectivity index (χ1v) is 2.34. The van der Waals surface area contributed by atoms with E-state index >= 15 is 0 Å². The fourth-order valence-corrected chi connectivity index (χ4v) is 0.258. The van der Waals surface area contributed by atoms with Crippen molar-refractivity contribution in [2.45, 2.75) is 0 Å². The molecule has 0 aromatic rings. The fourth-order valence-electron chi connectivity index (χ4n) is 0.129. The summed E-state index contributed by atoms with van der Waals surface area (Å²) in [6, 6.07) is 0. The molecular formula is C3H8O2S. The Balaban J connectivity index is 2.34. The highest BCUT2D eigenvalue weighted by atomic mass is 32.1. The molecule has 38 valence electrons. The second-order valence-corrected chi connectivity index (χ2v) is 1.02. The molecule has 0 rings (SSSR count). The number of hydrogen-bond donors (Lipinski definition) is 2. The highest BCUT2D eigenvalue weighted by Crippen LogP contribution is 1.73. The molecule has 0 atom stereocenters. The summed E-state index contributed by atoms with van der Waals surface area (Å²) < 4.78 is 4.60. The quantitative estimate of drug-likeness (QED) is 0.300. The molecule has 0 fully saturated rings. The number of aliphatic hydroxyl groups excluding tert-OH is 1. The summed E-state index contributed by atoms with van der Waals surface area (Å²) in [7, 11) is 0. The highest BCUT2D eigenvalue weighted by Gasteiger charge is 1.74. The number of aliphatic hydroxyl groups is 1. The number of thiol groups is 1. The monoisotopic (exact) mass is 108 g/mol. The van der Waals surface area contributed by atoms with Gasteiger partial charge in [-0.1, -0.05) is 0 Å². The van der Waals surface area contributed by atoms with Crippen molar-refractivity contribution >= 4 is 12.6 Å². The standard InChI is InChI=1S/C3H8O2S/c4-1-2-5-3-6/h4,6H,1-3H2. The Morgan fingerprint density at radius 2 is 2.33 bits per heavy atom. The lowest BCUT2D eigenvalue weighted by Crippen LogP contribution is -1.95. The van der Waals surface area contributed by atoms with E-state index in [0.29, 0.717) is 12.5 Å². The van der Waals surface area contributed by atoms with Crippen LogP contribution in [0.25, 0.3) is 0 Å². The molecule has 0 saturated carbocycles. The maximum Gasteiger partial charge on any atom is 0.0893 e. The van der Waals surface area contributed by atoms with Gasteiger partial charge in [-0.15, -0.1) is 0 Å². The third kappa shape index (κ3) is 4.27. The van der Waals surface area contributed by atoms with Gasteiger partial charge < -0.3 is 9.84 Å². The Labute approximate surface area is 42.5 Å². The minimum Gasteiger partial charge on any atom is -0.394 e. The van der Waals surface area contributed by atoms with E-state index < -0.39 is 0 Å². The van der Waals surface area contributed by atoms with Crippen molar-refractivity contribution in [2.24, 2.45) is 0 Å². The van der Waals surface area contributed by atoms with Crippen LogP contribution in [0.2, 0.25) is 0 Å². The summed E-state index contributed by atoms with van der Waals surface area (Å²) in [4.78, 5) is 0. The maximum absolute atomic E-state index is 8.04. The summed E-state index contributed by atoms with van der Waals surface area (Å²) in [6.07, 6.45) is 0. The van der Waals surface area contributed by atoms with Gasteiger partial charge in [-0.3, -0.25) is 0 Å².